The molecule has 4 aromatic rings. The maximum absolute atomic E-state index is 5.55. The number of benzene rings is 1. The van der Waals surface area contributed by atoms with E-state index >= 15 is 0 Å². The second-order valence-electron chi connectivity index (χ2n) is 6.65. The van der Waals surface area contributed by atoms with E-state index in [0.717, 1.165) is 38.8 Å². The molecule has 28 heavy (non-hydrogen) atoms. The van der Waals surface area contributed by atoms with Gasteiger partial charge in [-0.25, -0.2) is 4.68 Å². The van der Waals surface area contributed by atoms with Crippen molar-refractivity contribution >= 4 is 22.7 Å². The number of hydrogen-bond donors (Lipinski definition) is 0. The van der Waals surface area contributed by atoms with Gasteiger partial charge in [-0.3, -0.25) is 4.98 Å². The van der Waals surface area contributed by atoms with Crippen molar-refractivity contribution < 1.29 is 4.74 Å². The van der Waals surface area contributed by atoms with Crippen LogP contribution in [0.3, 0.4) is 0 Å². The number of rotatable bonds is 6. The number of hydrogen-bond acceptors (Lipinski definition) is 6. The first-order valence-electron chi connectivity index (χ1n) is 9.09. The molecule has 1 aromatic carbocycles. The van der Waals surface area contributed by atoms with Crippen LogP contribution in [0.1, 0.15) is 31.2 Å². The van der Waals surface area contributed by atoms with E-state index in [2.05, 4.69) is 34.1 Å². The van der Waals surface area contributed by atoms with Gasteiger partial charge in [0.2, 0.25) is 0 Å². The van der Waals surface area contributed by atoms with Crippen molar-refractivity contribution in [2.75, 3.05) is 7.11 Å². The topological polar surface area (TPSA) is 65.7 Å². The lowest BCUT2D eigenvalue weighted by Crippen LogP contribution is -2.04. The summed E-state index contributed by atoms with van der Waals surface area (Å²) in [5.74, 6) is 1.72. The Morgan fingerprint density at radius 3 is 2.64 bits per heavy atom. The van der Waals surface area contributed by atoms with Crippen molar-refractivity contribution in [3.8, 4) is 11.4 Å². The molecule has 0 amide bonds. The highest BCUT2D eigenvalue weighted by Crippen LogP contribution is 2.34. The Morgan fingerprint density at radius 2 is 1.89 bits per heavy atom. The Hall–Kier alpha value is -2.93. The SMILES string of the molecule is COc1ccccc1-n1ncc2c(C(C)C)nnc(SCc3ccccn3)c21. The third kappa shape index (κ3) is 3.45. The molecule has 0 unspecified atom stereocenters. The summed E-state index contributed by atoms with van der Waals surface area (Å²) in [6.07, 6.45) is 3.68. The molecule has 6 nitrogen and oxygen atoms in total. The molecule has 0 bridgehead atoms. The third-order valence-corrected chi connectivity index (χ3v) is 5.43. The molecule has 3 heterocycles. The standard InChI is InChI=1S/C21H21N5OS/c1-14(2)19-16-12-23-26(17-9-4-5-10-18(17)27-3)20(16)21(25-24-19)28-13-15-8-6-7-11-22-15/h4-12,14H,13H2,1-3H3. The molecule has 0 saturated carbocycles. The number of thioether (sulfide) groups is 1. The van der Waals surface area contributed by atoms with Crippen molar-refractivity contribution in [2.24, 2.45) is 0 Å². The Balaban J connectivity index is 1.85. The van der Waals surface area contributed by atoms with Crippen molar-refractivity contribution in [2.45, 2.75) is 30.5 Å². The van der Waals surface area contributed by atoms with Crippen LogP contribution in [0.5, 0.6) is 5.75 Å². The van der Waals surface area contributed by atoms with Gasteiger partial charge in [-0.05, 0) is 30.2 Å². The first-order chi connectivity index (χ1) is 13.7. The molecule has 0 aliphatic carbocycles. The summed E-state index contributed by atoms with van der Waals surface area (Å²) in [5, 5.41) is 15.5. The zero-order valence-corrected chi connectivity index (χ0v) is 16.8. The van der Waals surface area contributed by atoms with E-state index in [1.807, 2.05) is 53.3 Å². The van der Waals surface area contributed by atoms with Gasteiger partial charge in [0.15, 0.2) is 0 Å². The molecule has 0 radical (unpaired) electrons. The fraction of sp³-hybridized carbons (Fsp3) is 0.238. The molecule has 0 N–H and O–H groups in total. The Bertz CT molecular complexity index is 1090. The highest BCUT2D eigenvalue weighted by Gasteiger charge is 2.19. The Labute approximate surface area is 168 Å². The minimum absolute atomic E-state index is 0.250. The normalized spacial score (nSPS) is 11.3. The maximum Gasteiger partial charge on any atom is 0.146 e. The van der Waals surface area contributed by atoms with Gasteiger partial charge in [-0.15, -0.1) is 5.10 Å². The molecule has 0 saturated heterocycles. The van der Waals surface area contributed by atoms with E-state index < -0.39 is 0 Å². The largest absolute Gasteiger partial charge is 0.494 e. The van der Waals surface area contributed by atoms with Gasteiger partial charge >= 0.3 is 0 Å². The highest BCUT2D eigenvalue weighted by molar-refractivity contribution is 7.98. The Morgan fingerprint density at radius 1 is 1.07 bits per heavy atom. The third-order valence-electron chi connectivity index (χ3n) is 4.44. The van der Waals surface area contributed by atoms with Crippen LogP contribution in [-0.2, 0) is 5.75 Å². The number of aromatic nitrogens is 5. The minimum Gasteiger partial charge on any atom is -0.494 e. The van der Waals surface area contributed by atoms with E-state index in [-0.39, 0.29) is 5.92 Å². The zero-order chi connectivity index (χ0) is 19.5. The molecule has 142 valence electrons. The van der Waals surface area contributed by atoms with Crippen LogP contribution in [0.25, 0.3) is 16.6 Å². The predicted molar refractivity (Wildman–Crippen MR) is 111 cm³/mol. The number of para-hydroxylation sites is 2. The quantitative estimate of drug-likeness (QED) is 0.446. The molecule has 4 rings (SSSR count). The lowest BCUT2D eigenvalue weighted by atomic mass is 10.1. The summed E-state index contributed by atoms with van der Waals surface area (Å²) in [7, 11) is 1.67. The van der Waals surface area contributed by atoms with Gasteiger partial charge in [0, 0.05) is 17.3 Å². The molecule has 3 aromatic heterocycles. The summed E-state index contributed by atoms with van der Waals surface area (Å²) < 4.78 is 7.45. The van der Waals surface area contributed by atoms with Crippen LogP contribution in [0.4, 0.5) is 0 Å². The van der Waals surface area contributed by atoms with Crippen molar-refractivity contribution in [1.82, 2.24) is 25.0 Å². The summed E-state index contributed by atoms with van der Waals surface area (Å²) in [6, 6.07) is 13.8. The minimum atomic E-state index is 0.250. The second kappa shape index (κ2) is 7.98. The first kappa shape index (κ1) is 18.4. The number of methoxy groups -OCH3 is 1. The van der Waals surface area contributed by atoms with Crippen LogP contribution >= 0.6 is 11.8 Å². The van der Waals surface area contributed by atoms with E-state index in [4.69, 9.17) is 4.74 Å². The zero-order valence-electron chi connectivity index (χ0n) is 16.0. The molecular weight excluding hydrogens is 370 g/mol. The van der Waals surface area contributed by atoms with Crippen molar-refractivity contribution in [3.05, 3.63) is 66.2 Å². The average molecular weight is 392 g/mol. The molecule has 0 aliphatic rings. The van der Waals surface area contributed by atoms with Gasteiger partial charge < -0.3 is 4.74 Å². The number of pyridine rings is 1. The molecule has 0 spiro atoms. The van der Waals surface area contributed by atoms with Crippen LogP contribution in [0.15, 0.2) is 59.9 Å². The van der Waals surface area contributed by atoms with E-state index in [0.29, 0.717) is 5.75 Å². The van der Waals surface area contributed by atoms with Gasteiger partial charge in [-0.1, -0.05) is 43.8 Å². The maximum atomic E-state index is 5.55. The van der Waals surface area contributed by atoms with Crippen LogP contribution in [0, 0.1) is 0 Å². The summed E-state index contributed by atoms with van der Waals surface area (Å²) in [4.78, 5) is 4.40. The number of nitrogens with zero attached hydrogens (tertiary/aromatic N) is 5. The molecule has 0 fully saturated rings. The fourth-order valence-corrected chi connectivity index (χ4v) is 3.97. The van der Waals surface area contributed by atoms with Gasteiger partial charge in [0.25, 0.3) is 0 Å². The summed E-state index contributed by atoms with van der Waals surface area (Å²) in [5.41, 5.74) is 3.77. The van der Waals surface area contributed by atoms with Crippen LogP contribution in [-0.4, -0.2) is 32.1 Å². The fourth-order valence-electron chi connectivity index (χ4n) is 3.08. The number of fused-ring (bicyclic) bond motifs is 1. The molecular formula is C21H21N5OS. The highest BCUT2D eigenvalue weighted by atomic mass is 32.2. The predicted octanol–water partition coefficient (Wildman–Crippen LogP) is 4.63. The van der Waals surface area contributed by atoms with E-state index in [9.17, 15) is 0 Å². The summed E-state index contributed by atoms with van der Waals surface area (Å²) in [6.45, 7) is 4.23. The Kier molecular flexibility index (Phi) is 5.25. The smallest absolute Gasteiger partial charge is 0.146 e. The summed E-state index contributed by atoms with van der Waals surface area (Å²) >= 11 is 1.61. The lowest BCUT2D eigenvalue weighted by molar-refractivity contribution is 0.412. The average Bonchev–Trinajstić information content (AvgIpc) is 3.17. The lowest BCUT2D eigenvalue weighted by Gasteiger charge is -2.12. The van der Waals surface area contributed by atoms with Crippen LogP contribution in [0.2, 0.25) is 0 Å². The molecule has 0 atom stereocenters. The van der Waals surface area contributed by atoms with Crippen LogP contribution < -0.4 is 4.74 Å². The van der Waals surface area contributed by atoms with Gasteiger partial charge in [0.1, 0.15) is 22.0 Å². The number of ether oxygens (including phenoxy) is 1. The van der Waals surface area contributed by atoms with Crippen molar-refractivity contribution in [1.29, 1.82) is 0 Å². The van der Waals surface area contributed by atoms with Crippen molar-refractivity contribution in [3.63, 3.8) is 0 Å². The second-order valence-corrected chi connectivity index (χ2v) is 7.61. The van der Waals surface area contributed by atoms with E-state index in [1.165, 1.54) is 0 Å². The molecule has 7 heteroatoms. The first-order valence-corrected chi connectivity index (χ1v) is 10.1. The monoisotopic (exact) mass is 391 g/mol. The van der Waals surface area contributed by atoms with Gasteiger partial charge in [-0.2, -0.15) is 10.2 Å². The van der Waals surface area contributed by atoms with E-state index in [1.54, 1.807) is 25.1 Å². The molecule has 0 aliphatic heterocycles. The van der Waals surface area contributed by atoms with Gasteiger partial charge in [0.05, 0.1) is 24.7 Å².